The highest BCUT2D eigenvalue weighted by Crippen LogP contribution is 2.09. The van der Waals surface area contributed by atoms with E-state index in [2.05, 4.69) is 33.9 Å². The van der Waals surface area contributed by atoms with E-state index >= 15 is 0 Å². The van der Waals surface area contributed by atoms with Gasteiger partial charge < -0.3 is 0 Å². The molecule has 0 aromatic heterocycles. The standard InChI is InChI=1S/C9H14.C3H8/c1-5-7-9(6-2)8(3)4;1-3-2/h5,7H,1,3,6H2,2,4H3;3H2,1-2H3/b9-7-;. The van der Waals surface area contributed by atoms with Crippen LogP contribution in [0.4, 0.5) is 0 Å². The first-order valence-electron chi connectivity index (χ1n) is 4.61. The summed E-state index contributed by atoms with van der Waals surface area (Å²) in [5.41, 5.74) is 2.42. The van der Waals surface area contributed by atoms with Crippen LogP contribution < -0.4 is 0 Å². The van der Waals surface area contributed by atoms with Gasteiger partial charge in [0.05, 0.1) is 0 Å². The molecule has 0 unspecified atom stereocenters. The second-order valence-electron chi connectivity index (χ2n) is 2.77. The number of allylic oxidation sites excluding steroid dienone is 4. The Bertz CT molecular complexity index is 149. The molecule has 70 valence electrons. The van der Waals surface area contributed by atoms with Crippen LogP contribution in [0.25, 0.3) is 0 Å². The number of hydrogen-bond donors (Lipinski definition) is 0. The first-order chi connectivity index (χ1) is 5.63. The molecular weight excluding hydrogens is 144 g/mol. The molecule has 0 N–H and O–H groups in total. The van der Waals surface area contributed by atoms with E-state index in [-0.39, 0.29) is 0 Å². The minimum atomic E-state index is 1.04. The molecule has 0 fully saturated rings. The summed E-state index contributed by atoms with van der Waals surface area (Å²) in [6.07, 6.45) is 6.09. The van der Waals surface area contributed by atoms with Gasteiger partial charge >= 0.3 is 0 Å². The quantitative estimate of drug-likeness (QED) is 0.541. The van der Waals surface area contributed by atoms with Gasteiger partial charge in [0.15, 0.2) is 0 Å². The number of hydrogen-bond acceptors (Lipinski definition) is 0. The zero-order valence-corrected chi connectivity index (χ0v) is 8.98. The van der Waals surface area contributed by atoms with E-state index in [4.69, 9.17) is 0 Å². The molecule has 0 aromatic carbocycles. The van der Waals surface area contributed by atoms with E-state index in [1.165, 1.54) is 12.0 Å². The Kier molecular flexibility index (Phi) is 11.7. The molecule has 0 aliphatic heterocycles. The van der Waals surface area contributed by atoms with Crippen molar-refractivity contribution >= 4 is 0 Å². The van der Waals surface area contributed by atoms with Gasteiger partial charge in [-0.1, -0.05) is 58.1 Å². The zero-order valence-electron chi connectivity index (χ0n) is 8.98. The van der Waals surface area contributed by atoms with E-state index in [0.29, 0.717) is 0 Å². The van der Waals surface area contributed by atoms with Crippen LogP contribution in [-0.2, 0) is 0 Å². The molecule has 0 amide bonds. The van der Waals surface area contributed by atoms with Crippen LogP contribution >= 0.6 is 0 Å². The fraction of sp³-hybridized carbons (Fsp3) is 0.500. The van der Waals surface area contributed by atoms with Crippen LogP contribution in [0.15, 0.2) is 36.5 Å². The third-order valence-corrected chi connectivity index (χ3v) is 1.25. The maximum atomic E-state index is 3.83. The zero-order chi connectivity index (χ0) is 9.98. The molecule has 0 heterocycles. The molecule has 0 radical (unpaired) electrons. The van der Waals surface area contributed by atoms with Gasteiger partial charge in [0, 0.05) is 0 Å². The third-order valence-electron chi connectivity index (χ3n) is 1.25. The fourth-order valence-electron chi connectivity index (χ4n) is 0.704. The van der Waals surface area contributed by atoms with Crippen LogP contribution in [-0.4, -0.2) is 0 Å². The predicted octanol–water partition coefficient (Wildman–Crippen LogP) is 4.50. The Labute approximate surface area is 77.7 Å². The minimum absolute atomic E-state index is 1.04. The van der Waals surface area contributed by atoms with E-state index in [0.717, 1.165) is 12.0 Å². The lowest BCUT2D eigenvalue weighted by Gasteiger charge is -1.99. The van der Waals surface area contributed by atoms with Crippen molar-refractivity contribution < 1.29 is 0 Å². The summed E-state index contributed by atoms with van der Waals surface area (Å²) in [7, 11) is 0. The molecule has 0 rings (SSSR count). The highest BCUT2D eigenvalue weighted by Gasteiger charge is 1.89. The summed E-state index contributed by atoms with van der Waals surface area (Å²) in [5, 5.41) is 0. The highest BCUT2D eigenvalue weighted by atomic mass is 14.0. The first-order valence-corrected chi connectivity index (χ1v) is 4.61. The summed E-state index contributed by atoms with van der Waals surface area (Å²) in [4.78, 5) is 0. The van der Waals surface area contributed by atoms with Crippen molar-refractivity contribution in [2.75, 3.05) is 0 Å². The lowest BCUT2D eigenvalue weighted by Crippen LogP contribution is -1.78. The predicted molar refractivity (Wildman–Crippen MR) is 59.4 cm³/mol. The molecule has 0 nitrogen and oxygen atoms in total. The molecular formula is C12H22. The van der Waals surface area contributed by atoms with Crippen molar-refractivity contribution in [3.63, 3.8) is 0 Å². The van der Waals surface area contributed by atoms with Crippen molar-refractivity contribution in [3.8, 4) is 0 Å². The van der Waals surface area contributed by atoms with Gasteiger partial charge in [-0.2, -0.15) is 0 Å². The molecule has 0 aromatic rings. The van der Waals surface area contributed by atoms with E-state index < -0.39 is 0 Å². The van der Waals surface area contributed by atoms with Crippen LogP contribution in [0.1, 0.15) is 40.5 Å². The van der Waals surface area contributed by atoms with Crippen LogP contribution in [0.3, 0.4) is 0 Å². The largest absolute Gasteiger partial charge is 0.0991 e. The maximum absolute atomic E-state index is 3.83. The van der Waals surface area contributed by atoms with Crippen LogP contribution in [0.2, 0.25) is 0 Å². The van der Waals surface area contributed by atoms with Gasteiger partial charge in [-0.15, -0.1) is 0 Å². The smallest absolute Gasteiger partial charge is 0.0305 e. The molecule has 0 saturated heterocycles. The summed E-state index contributed by atoms with van der Waals surface area (Å²) in [5.74, 6) is 0. The summed E-state index contributed by atoms with van der Waals surface area (Å²) in [6, 6.07) is 0. The summed E-state index contributed by atoms with van der Waals surface area (Å²) >= 11 is 0. The van der Waals surface area contributed by atoms with Gasteiger partial charge in [-0.05, 0) is 18.9 Å². The van der Waals surface area contributed by atoms with Crippen molar-refractivity contribution in [2.24, 2.45) is 0 Å². The van der Waals surface area contributed by atoms with Crippen LogP contribution in [0, 0.1) is 0 Å². The molecule has 0 spiro atoms. The maximum Gasteiger partial charge on any atom is -0.0305 e. The third kappa shape index (κ3) is 9.22. The lowest BCUT2D eigenvalue weighted by molar-refractivity contribution is 1.09. The van der Waals surface area contributed by atoms with Crippen molar-refractivity contribution in [3.05, 3.63) is 36.5 Å². The molecule has 0 saturated carbocycles. The van der Waals surface area contributed by atoms with E-state index in [1.807, 2.05) is 13.0 Å². The number of rotatable bonds is 3. The Morgan fingerprint density at radius 1 is 1.25 bits per heavy atom. The summed E-state index contributed by atoms with van der Waals surface area (Å²) < 4.78 is 0. The lowest BCUT2D eigenvalue weighted by atomic mass is 10.1. The Morgan fingerprint density at radius 3 is 1.75 bits per heavy atom. The van der Waals surface area contributed by atoms with E-state index in [9.17, 15) is 0 Å². The van der Waals surface area contributed by atoms with Gasteiger partial charge in [-0.3, -0.25) is 0 Å². The Balaban J connectivity index is 0. The van der Waals surface area contributed by atoms with Gasteiger partial charge in [0.25, 0.3) is 0 Å². The summed E-state index contributed by atoms with van der Waals surface area (Å²) in [6.45, 7) is 15.8. The SMILES string of the molecule is C=C/C=C(/CC)C(=C)C.CCC. The Morgan fingerprint density at radius 2 is 1.67 bits per heavy atom. The fourth-order valence-corrected chi connectivity index (χ4v) is 0.704. The average Bonchev–Trinajstić information content (AvgIpc) is 2.01. The topological polar surface area (TPSA) is 0 Å². The minimum Gasteiger partial charge on any atom is -0.0991 e. The molecule has 0 atom stereocenters. The first kappa shape index (κ1) is 13.8. The molecule has 0 aliphatic carbocycles. The van der Waals surface area contributed by atoms with Crippen molar-refractivity contribution in [2.45, 2.75) is 40.5 Å². The van der Waals surface area contributed by atoms with Gasteiger partial charge in [-0.25, -0.2) is 0 Å². The molecule has 0 heteroatoms. The van der Waals surface area contributed by atoms with Gasteiger partial charge in [0.2, 0.25) is 0 Å². The van der Waals surface area contributed by atoms with Crippen molar-refractivity contribution in [1.29, 1.82) is 0 Å². The average molecular weight is 166 g/mol. The second kappa shape index (κ2) is 10.2. The van der Waals surface area contributed by atoms with E-state index in [1.54, 1.807) is 6.08 Å². The van der Waals surface area contributed by atoms with Crippen LogP contribution in [0.5, 0.6) is 0 Å². The Hall–Kier alpha value is -0.780. The monoisotopic (exact) mass is 166 g/mol. The van der Waals surface area contributed by atoms with Gasteiger partial charge in [0.1, 0.15) is 0 Å². The normalized spacial score (nSPS) is 9.83. The van der Waals surface area contributed by atoms with Crippen molar-refractivity contribution in [1.82, 2.24) is 0 Å². The molecule has 12 heavy (non-hydrogen) atoms. The highest BCUT2D eigenvalue weighted by molar-refractivity contribution is 5.28. The molecule has 0 aliphatic rings. The molecule has 0 bridgehead atoms. The second-order valence-corrected chi connectivity index (χ2v) is 2.77.